The fourth-order valence-corrected chi connectivity index (χ4v) is 3.76. The van der Waals surface area contributed by atoms with E-state index >= 15 is 0 Å². The van der Waals surface area contributed by atoms with Crippen molar-refractivity contribution in [3.8, 4) is 0 Å². The third kappa shape index (κ3) is 3.56. The number of pyridine rings is 1. The molecule has 156 valence electrons. The summed E-state index contributed by atoms with van der Waals surface area (Å²) in [5.74, 6) is -0.792. The smallest absolute Gasteiger partial charge is 0.258 e. The number of hydrogen-bond acceptors (Lipinski definition) is 4. The summed E-state index contributed by atoms with van der Waals surface area (Å²) in [4.78, 5) is 43.6. The van der Waals surface area contributed by atoms with E-state index in [-0.39, 0.29) is 24.3 Å². The Morgan fingerprint density at radius 3 is 2.50 bits per heavy atom. The molecule has 0 spiro atoms. The second-order valence-electron chi connectivity index (χ2n) is 7.36. The summed E-state index contributed by atoms with van der Waals surface area (Å²) < 4.78 is 0. The summed E-state index contributed by atoms with van der Waals surface area (Å²) >= 11 is 0. The monoisotopic (exact) mass is 422 g/mol. The SMILES string of the molecule is O=C1CN(C(=O)c2ccc(NC(=O)c3ccnc4ccccc34)cc2)c2ccccc2N1. The van der Waals surface area contributed by atoms with Crippen LogP contribution in [0.1, 0.15) is 20.7 Å². The molecule has 7 heteroatoms. The molecule has 3 aromatic carbocycles. The molecule has 1 aromatic heterocycles. The van der Waals surface area contributed by atoms with Crippen molar-refractivity contribution in [3.05, 3.63) is 96.2 Å². The van der Waals surface area contributed by atoms with Gasteiger partial charge in [0.1, 0.15) is 6.54 Å². The van der Waals surface area contributed by atoms with Crippen LogP contribution in [0.5, 0.6) is 0 Å². The summed E-state index contributed by atoms with van der Waals surface area (Å²) in [7, 11) is 0. The van der Waals surface area contributed by atoms with Crippen LogP contribution in [0.4, 0.5) is 17.1 Å². The van der Waals surface area contributed by atoms with Crippen LogP contribution in [0.3, 0.4) is 0 Å². The number of para-hydroxylation sites is 3. The van der Waals surface area contributed by atoms with Crippen LogP contribution in [0.15, 0.2) is 85.1 Å². The largest absolute Gasteiger partial charge is 0.323 e. The zero-order chi connectivity index (χ0) is 22.1. The maximum atomic E-state index is 13.1. The number of benzene rings is 3. The van der Waals surface area contributed by atoms with Crippen molar-refractivity contribution < 1.29 is 14.4 Å². The predicted molar refractivity (Wildman–Crippen MR) is 123 cm³/mol. The van der Waals surface area contributed by atoms with Crippen LogP contribution in [-0.4, -0.2) is 29.3 Å². The molecule has 2 N–H and O–H groups in total. The van der Waals surface area contributed by atoms with Crippen molar-refractivity contribution >= 4 is 45.7 Å². The maximum Gasteiger partial charge on any atom is 0.258 e. The van der Waals surface area contributed by atoms with Gasteiger partial charge >= 0.3 is 0 Å². The third-order valence-electron chi connectivity index (χ3n) is 5.30. The Hall–Kier alpha value is -4.52. The molecule has 3 amide bonds. The molecular formula is C25H18N4O3. The fourth-order valence-electron chi connectivity index (χ4n) is 3.76. The van der Waals surface area contributed by atoms with Gasteiger partial charge in [-0.15, -0.1) is 0 Å². The quantitative estimate of drug-likeness (QED) is 0.520. The normalized spacial score (nSPS) is 12.8. The summed E-state index contributed by atoms with van der Waals surface area (Å²) in [6, 6.07) is 22.9. The van der Waals surface area contributed by atoms with E-state index in [1.807, 2.05) is 30.3 Å². The number of carbonyl (C=O) groups excluding carboxylic acids is 3. The highest BCUT2D eigenvalue weighted by Crippen LogP contribution is 2.30. The lowest BCUT2D eigenvalue weighted by Gasteiger charge is -2.29. The molecule has 0 aliphatic carbocycles. The number of fused-ring (bicyclic) bond motifs is 2. The summed E-state index contributed by atoms with van der Waals surface area (Å²) in [6.45, 7) is -0.0521. The highest BCUT2D eigenvalue weighted by atomic mass is 16.2. The molecule has 2 heterocycles. The molecule has 0 radical (unpaired) electrons. The van der Waals surface area contributed by atoms with Crippen molar-refractivity contribution in [2.45, 2.75) is 0 Å². The van der Waals surface area contributed by atoms with Gasteiger partial charge in [-0.1, -0.05) is 30.3 Å². The topological polar surface area (TPSA) is 91.4 Å². The Bertz CT molecular complexity index is 1360. The second-order valence-corrected chi connectivity index (χ2v) is 7.36. The molecule has 0 saturated carbocycles. The number of aromatic nitrogens is 1. The van der Waals surface area contributed by atoms with Crippen molar-refractivity contribution in [3.63, 3.8) is 0 Å². The van der Waals surface area contributed by atoms with E-state index in [2.05, 4.69) is 15.6 Å². The number of hydrogen-bond donors (Lipinski definition) is 2. The molecule has 0 unspecified atom stereocenters. The highest BCUT2D eigenvalue weighted by Gasteiger charge is 2.27. The van der Waals surface area contributed by atoms with E-state index in [0.717, 1.165) is 10.9 Å². The molecule has 0 bridgehead atoms. The van der Waals surface area contributed by atoms with Gasteiger partial charge in [-0.25, -0.2) is 0 Å². The highest BCUT2D eigenvalue weighted by molar-refractivity contribution is 6.15. The number of anilines is 3. The van der Waals surface area contributed by atoms with Crippen molar-refractivity contribution in [2.24, 2.45) is 0 Å². The van der Waals surface area contributed by atoms with E-state index in [1.54, 1.807) is 54.7 Å². The molecule has 5 rings (SSSR count). The Morgan fingerprint density at radius 1 is 0.906 bits per heavy atom. The Morgan fingerprint density at radius 2 is 1.66 bits per heavy atom. The Labute approximate surface area is 183 Å². The van der Waals surface area contributed by atoms with Gasteiger partial charge in [0.05, 0.1) is 22.5 Å². The first-order valence-corrected chi connectivity index (χ1v) is 10.1. The molecule has 32 heavy (non-hydrogen) atoms. The van der Waals surface area contributed by atoms with Crippen molar-refractivity contribution in [1.29, 1.82) is 0 Å². The van der Waals surface area contributed by atoms with Crippen LogP contribution in [0.25, 0.3) is 10.9 Å². The van der Waals surface area contributed by atoms with Gasteiger partial charge in [-0.3, -0.25) is 24.3 Å². The minimum Gasteiger partial charge on any atom is -0.323 e. The first-order chi connectivity index (χ1) is 15.6. The number of nitrogens with one attached hydrogen (secondary N) is 2. The fraction of sp³-hybridized carbons (Fsp3) is 0.0400. The predicted octanol–water partition coefficient (Wildman–Crippen LogP) is 4.09. The van der Waals surface area contributed by atoms with Crippen molar-refractivity contribution in [2.75, 3.05) is 22.1 Å². The first-order valence-electron chi connectivity index (χ1n) is 10.1. The molecule has 0 atom stereocenters. The summed E-state index contributed by atoms with van der Waals surface area (Å²) in [5.41, 5.74) is 3.49. The van der Waals surface area contributed by atoms with Crippen LogP contribution in [0.2, 0.25) is 0 Å². The average molecular weight is 422 g/mol. The molecule has 0 fully saturated rings. The summed E-state index contributed by atoms with van der Waals surface area (Å²) in [6.07, 6.45) is 1.60. The Kier molecular flexibility index (Phi) is 4.84. The average Bonchev–Trinajstić information content (AvgIpc) is 2.83. The van der Waals surface area contributed by atoms with Crippen molar-refractivity contribution in [1.82, 2.24) is 4.98 Å². The van der Waals surface area contributed by atoms with Gasteiger partial charge < -0.3 is 10.6 Å². The molecule has 0 saturated heterocycles. The molecule has 4 aromatic rings. The molecule has 1 aliphatic heterocycles. The molecular weight excluding hydrogens is 404 g/mol. The number of rotatable bonds is 3. The van der Waals surface area contributed by atoms with E-state index < -0.39 is 0 Å². The lowest BCUT2D eigenvalue weighted by atomic mass is 10.1. The van der Waals surface area contributed by atoms with Gasteiger partial charge in [-0.05, 0) is 48.5 Å². The van der Waals surface area contributed by atoms with Crippen LogP contribution >= 0.6 is 0 Å². The van der Waals surface area contributed by atoms with Crippen LogP contribution < -0.4 is 15.5 Å². The van der Waals surface area contributed by atoms with E-state index in [0.29, 0.717) is 28.2 Å². The van der Waals surface area contributed by atoms with Gasteiger partial charge in [0.25, 0.3) is 11.8 Å². The van der Waals surface area contributed by atoms with Gasteiger partial charge in [0.2, 0.25) is 5.91 Å². The minimum absolute atomic E-state index is 0.0521. The maximum absolute atomic E-state index is 13.1. The van der Waals surface area contributed by atoms with Crippen LogP contribution in [-0.2, 0) is 4.79 Å². The van der Waals surface area contributed by atoms with E-state index in [1.165, 1.54) is 4.90 Å². The minimum atomic E-state index is -0.287. The third-order valence-corrected chi connectivity index (χ3v) is 5.30. The first kappa shape index (κ1) is 19.4. The summed E-state index contributed by atoms with van der Waals surface area (Å²) in [5, 5.41) is 6.40. The molecule has 1 aliphatic rings. The number of nitrogens with zero attached hydrogens (tertiary/aromatic N) is 2. The van der Waals surface area contributed by atoms with Gasteiger partial charge in [0.15, 0.2) is 0 Å². The van der Waals surface area contributed by atoms with Gasteiger partial charge in [0, 0.05) is 22.8 Å². The standard InChI is InChI=1S/C25H18N4O3/c30-23-15-29(22-8-4-3-7-21(22)28-23)25(32)16-9-11-17(12-10-16)27-24(31)19-13-14-26-20-6-2-1-5-18(19)20/h1-14H,15H2,(H,27,31)(H,28,30). The zero-order valence-corrected chi connectivity index (χ0v) is 16.9. The number of carbonyl (C=O) groups is 3. The van der Waals surface area contributed by atoms with Crippen LogP contribution in [0, 0.1) is 0 Å². The lowest BCUT2D eigenvalue weighted by Crippen LogP contribution is -2.42. The second kappa shape index (κ2) is 7.96. The van der Waals surface area contributed by atoms with E-state index in [9.17, 15) is 14.4 Å². The zero-order valence-electron chi connectivity index (χ0n) is 16.9. The van der Waals surface area contributed by atoms with E-state index in [4.69, 9.17) is 0 Å². The Balaban J connectivity index is 1.36. The number of amides is 3. The molecule has 7 nitrogen and oxygen atoms in total. The lowest BCUT2D eigenvalue weighted by molar-refractivity contribution is -0.115. The van der Waals surface area contributed by atoms with Gasteiger partial charge in [-0.2, -0.15) is 0 Å².